The molecule has 0 saturated heterocycles. The lowest BCUT2D eigenvalue weighted by Crippen LogP contribution is -2.12. The second kappa shape index (κ2) is 13.3. The van der Waals surface area contributed by atoms with E-state index in [2.05, 4.69) is 27.7 Å². The highest BCUT2D eigenvalue weighted by molar-refractivity contribution is 6.10. The van der Waals surface area contributed by atoms with E-state index in [1.54, 1.807) is 30.5 Å². The fraction of sp³-hybridized carbons (Fsp3) is 0.552. The minimum atomic E-state index is -0.897. The smallest absolute Gasteiger partial charge is 0.303 e. The standard InChI is InChI=1S/C29H41NO5/c1-19(2)11-13-30-18-24(26(31)15-21(5)6)17-25(30)29(34)23-7-9-27(35-14-12-20(3)4)22(16-23)8-10-28(32)33/h7,9,16-21H,8,10-15H2,1-6H3,(H,32,33). The summed E-state index contributed by atoms with van der Waals surface area (Å²) in [5.74, 6) is 0.763. The molecule has 0 unspecified atom stereocenters. The van der Waals surface area contributed by atoms with Crippen molar-refractivity contribution in [2.24, 2.45) is 17.8 Å². The van der Waals surface area contributed by atoms with Gasteiger partial charge in [0.15, 0.2) is 5.78 Å². The van der Waals surface area contributed by atoms with Crippen LogP contribution >= 0.6 is 0 Å². The zero-order valence-corrected chi connectivity index (χ0v) is 22.1. The van der Waals surface area contributed by atoms with Gasteiger partial charge in [-0.25, -0.2) is 0 Å². The van der Waals surface area contributed by atoms with Crippen LogP contribution < -0.4 is 4.74 Å². The van der Waals surface area contributed by atoms with E-state index < -0.39 is 5.97 Å². The van der Waals surface area contributed by atoms with Crippen LogP contribution in [0.5, 0.6) is 5.75 Å². The fourth-order valence-corrected chi connectivity index (χ4v) is 3.78. The quantitative estimate of drug-likeness (QED) is 0.295. The van der Waals surface area contributed by atoms with Gasteiger partial charge >= 0.3 is 5.97 Å². The van der Waals surface area contributed by atoms with Crippen molar-refractivity contribution in [3.63, 3.8) is 0 Å². The van der Waals surface area contributed by atoms with Crippen LogP contribution in [0.25, 0.3) is 0 Å². The van der Waals surface area contributed by atoms with Gasteiger partial charge in [-0.2, -0.15) is 0 Å². The monoisotopic (exact) mass is 483 g/mol. The van der Waals surface area contributed by atoms with Crippen molar-refractivity contribution in [3.05, 3.63) is 52.8 Å². The maximum absolute atomic E-state index is 13.6. The first-order valence-corrected chi connectivity index (χ1v) is 12.7. The number of carbonyl (C=O) groups is 3. The third-order valence-electron chi connectivity index (χ3n) is 5.88. The lowest BCUT2D eigenvalue weighted by molar-refractivity contribution is -0.136. The van der Waals surface area contributed by atoms with Crippen molar-refractivity contribution in [2.75, 3.05) is 6.61 Å². The maximum atomic E-state index is 13.6. The molecule has 0 fully saturated rings. The van der Waals surface area contributed by atoms with Gasteiger partial charge in [0.2, 0.25) is 5.78 Å². The highest BCUT2D eigenvalue weighted by Gasteiger charge is 2.21. The Morgan fingerprint density at radius 3 is 2.20 bits per heavy atom. The zero-order chi connectivity index (χ0) is 26.1. The molecule has 0 saturated carbocycles. The normalized spacial score (nSPS) is 11.5. The summed E-state index contributed by atoms with van der Waals surface area (Å²) in [6, 6.07) is 6.94. The number of carbonyl (C=O) groups excluding carboxylic acids is 2. The van der Waals surface area contributed by atoms with Crippen molar-refractivity contribution >= 4 is 17.5 Å². The number of aliphatic carboxylic acids is 1. The molecule has 2 rings (SSSR count). The molecule has 0 spiro atoms. The number of carboxylic acids is 1. The Hall–Kier alpha value is -2.89. The molecule has 0 aliphatic heterocycles. The molecule has 0 aliphatic carbocycles. The summed E-state index contributed by atoms with van der Waals surface area (Å²) < 4.78 is 7.82. The number of ketones is 2. The average molecular weight is 484 g/mol. The Kier molecular flexibility index (Phi) is 10.7. The Morgan fingerprint density at radius 2 is 1.60 bits per heavy atom. The largest absolute Gasteiger partial charge is 0.493 e. The number of nitrogens with zero attached hydrogens (tertiary/aromatic N) is 1. The van der Waals surface area contributed by atoms with Gasteiger partial charge < -0.3 is 14.4 Å². The summed E-state index contributed by atoms with van der Waals surface area (Å²) in [7, 11) is 0. The molecule has 1 N–H and O–H groups in total. The Bertz CT molecular complexity index is 1020. The molecule has 0 atom stereocenters. The number of aromatic nitrogens is 1. The predicted molar refractivity (Wildman–Crippen MR) is 138 cm³/mol. The first-order chi connectivity index (χ1) is 16.5. The minimum Gasteiger partial charge on any atom is -0.493 e. The molecule has 192 valence electrons. The number of hydrogen-bond donors (Lipinski definition) is 1. The number of rotatable bonds is 15. The lowest BCUT2D eigenvalue weighted by Gasteiger charge is -2.14. The molecule has 0 amide bonds. The minimum absolute atomic E-state index is 0.0356. The van der Waals surface area contributed by atoms with E-state index in [9.17, 15) is 19.5 Å². The Labute approximate surface area is 209 Å². The molecule has 1 heterocycles. The van der Waals surface area contributed by atoms with Gasteiger partial charge in [0.05, 0.1) is 12.3 Å². The van der Waals surface area contributed by atoms with Crippen molar-refractivity contribution in [1.82, 2.24) is 4.57 Å². The second-order valence-corrected chi connectivity index (χ2v) is 10.6. The van der Waals surface area contributed by atoms with E-state index in [1.807, 2.05) is 18.4 Å². The molecule has 0 bridgehead atoms. The van der Waals surface area contributed by atoms with Gasteiger partial charge in [0, 0.05) is 36.7 Å². The third kappa shape index (κ3) is 9.00. The number of hydrogen-bond acceptors (Lipinski definition) is 4. The molecule has 0 aliphatic rings. The van der Waals surface area contributed by atoms with E-state index in [0.29, 0.717) is 59.5 Å². The van der Waals surface area contributed by atoms with E-state index in [1.165, 1.54) is 0 Å². The van der Waals surface area contributed by atoms with E-state index >= 15 is 0 Å². The van der Waals surface area contributed by atoms with E-state index in [-0.39, 0.29) is 30.3 Å². The van der Waals surface area contributed by atoms with Crippen LogP contribution in [0.1, 0.15) is 99.2 Å². The molecule has 35 heavy (non-hydrogen) atoms. The number of carboxylic acid groups (broad SMARTS) is 1. The molecule has 1 aromatic carbocycles. The van der Waals surface area contributed by atoms with Crippen LogP contribution in [0.2, 0.25) is 0 Å². The van der Waals surface area contributed by atoms with Crippen LogP contribution in [-0.2, 0) is 17.8 Å². The Balaban J connectivity index is 2.39. The molecule has 6 nitrogen and oxygen atoms in total. The molecule has 6 heteroatoms. The molecule has 1 aromatic heterocycles. The fourth-order valence-electron chi connectivity index (χ4n) is 3.78. The topological polar surface area (TPSA) is 85.6 Å². The summed E-state index contributed by atoms with van der Waals surface area (Å²) in [6.07, 6.45) is 4.24. The van der Waals surface area contributed by atoms with Gasteiger partial charge in [-0.3, -0.25) is 14.4 Å². The van der Waals surface area contributed by atoms with Crippen LogP contribution in [0.15, 0.2) is 30.5 Å². The predicted octanol–water partition coefficient (Wildman–Crippen LogP) is 6.44. The zero-order valence-electron chi connectivity index (χ0n) is 22.1. The van der Waals surface area contributed by atoms with Crippen LogP contribution in [0.3, 0.4) is 0 Å². The van der Waals surface area contributed by atoms with Crippen molar-refractivity contribution in [3.8, 4) is 5.75 Å². The van der Waals surface area contributed by atoms with Crippen LogP contribution in [-0.4, -0.2) is 33.8 Å². The van der Waals surface area contributed by atoms with E-state index in [0.717, 1.165) is 12.8 Å². The summed E-state index contributed by atoms with van der Waals surface area (Å²) in [5.41, 5.74) is 2.22. The SMILES string of the molecule is CC(C)CCOc1ccc(C(=O)c2cc(C(=O)CC(C)C)cn2CCC(C)C)cc1CCC(=O)O. The van der Waals surface area contributed by atoms with Crippen molar-refractivity contribution < 1.29 is 24.2 Å². The van der Waals surface area contributed by atoms with Gasteiger partial charge in [-0.1, -0.05) is 41.5 Å². The van der Waals surface area contributed by atoms with Gasteiger partial charge in [0.25, 0.3) is 0 Å². The highest BCUT2D eigenvalue weighted by Crippen LogP contribution is 2.25. The number of ether oxygens (including phenoxy) is 1. The lowest BCUT2D eigenvalue weighted by atomic mass is 10.00. The van der Waals surface area contributed by atoms with Crippen LogP contribution in [0, 0.1) is 17.8 Å². The first kappa shape index (κ1) is 28.3. The molecule has 0 radical (unpaired) electrons. The van der Waals surface area contributed by atoms with Crippen molar-refractivity contribution in [2.45, 2.75) is 80.2 Å². The van der Waals surface area contributed by atoms with Crippen LogP contribution in [0.4, 0.5) is 0 Å². The molecular weight excluding hydrogens is 442 g/mol. The van der Waals surface area contributed by atoms with Crippen molar-refractivity contribution in [1.29, 1.82) is 0 Å². The van der Waals surface area contributed by atoms with Gasteiger partial charge in [-0.15, -0.1) is 0 Å². The third-order valence-corrected chi connectivity index (χ3v) is 5.88. The summed E-state index contributed by atoms with van der Waals surface area (Å²) in [6.45, 7) is 13.7. The van der Waals surface area contributed by atoms with Gasteiger partial charge in [0.1, 0.15) is 5.75 Å². The average Bonchev–Trinajstić information content (AvgIpc) is 3.20. The second-order valence-electron chi connectivity index (χ2n) is 10.6. The molecular formula is C29H41NO5. The number of aryl methyl sites for hydroxylation is 2. The van der Waals surface area contributed by atoms with E-state index in [4.69, 9.17) is 4.74 Å². The summed E-state index contributed by atoms with van der Waals surface area (Å²) >= 11 is 0. The first-order valence-electron chi connectivity index (χ1n) is 12.7. The summed E-state index contributed by atoms with van der Waals surface area (Å²) in [5, 5.41) is 9.19. The molecule has 2 aromatic rings. The number of benzene rings is 1. The number of Topliss-reactive ketones (excluding diaryl/α,β-unsaturated/α-hetero) is 1. The maximum Gasteiger partial charge on any atom is 0.303 e. The highest BCUT2D eigenvalue weighted by atomic mass is 16.5. The van der Waals surface area contributed by atoms with Gasteiger partial charge in [-0.05, 0) is 66.8 Å². The Morgan fingerprint density at radius 1 is 0.914 bits per heavy atom. The summed E-state index contributed by atoms with van der Waals surface area (Å²) in [4.78, 5) is 37.5.